The third kappa shape index (κ3) is 7.08. The van der Waals surface area contributed by atoms with Gasteiger partial charge in [-0.3, -0.25) is 9.59 Å². The Labute approximate surface area is 274 Å². The molecule has 0 spiro atoms. The van der Waals surface area contributed by atoms with Gasteiger partial charge in [0.25, 0.3) is 0 Å². The number of aliphatic hydroxyl groups is 2. The van der Waals surface area contributed by atoms with Gasteiger partial charge < -0.3 is 20.1 Å². The Balaban J connectivity index is 1.62. The number of hydrogen-bond donors (Lipinski definition) is 3. The minimum Gasteiger partial charge on any atom is -0.504 e. The Morgan fingerprint density at radius 2 is 1.67 bits per heavy atom. The molecule has 0 aromatic heterocycles. The molecular formula is C32H32F6INO6. The highest BCUT2D eigenvalue weighted by atomic mass is 127. The highest BCUT2D eigenvalue weighted by molar-refractivity contribution is 14.1. The number of allylic oxidation sites excluding steroid dienone is 2. The zero-order chi connectivity index (χ0) is 34.3. The molecule has 2 aromatic rings. The average Bonchev–Trinajstić information content (AvgIpc) is 3.23. The number of amides is 2. The summed E-state index contributed by atoms with van der Waals surface area (Å²) in [5.41, 5.74) is -1.68. The van der Waals surface area contributed by atoms with Crippen molar-refractivity contribution in [2.24, 2.45) is 17.8 Å². The van der Waals surface area contributed by atoms with Gasteiger partial charge in [-0.05, 0) is 96.7 Å². The number of halogens is 7. The third-order valence-corrected chi connectivity index (χ3v) is 9.37. The second-order valence-corrected chi connectivity index (χ2v) is 12.6. The number of alkyl halides is 6. The maximum absolute atomic E-state index is 13.6. The Kier molecular flexibility index (Phi) is 10.5. The molecule has 4 atom stereocenters. The fourth-order valence-corrected chi connectivity index (χ4v) is 6.96. The van der Waals surface area contributed by atoms with Gasteiger partial charge in [0.2, 0.25) is 11.8 Å². The molecule has 0 unspecified atom stereocenters. The van der Waals surface area contributed by atoms with Crippen LogP contribution in [0.2, 0.25) is 0 Å². The monoisotopic (exact) mass is 767 g/mol. The summed E-state index contributed by atoms with van der Waals surface area (Å²) in [5.74, 6) is -5.21. The highest BCUT2D eigenvalue weighted by Crippen LogP contribution is 2.48. The first-order valence-electron chi connectivity index (χ1n) is 14.3. The van der Waals surface area contributed by atoms with E-state index in [4.69, 9.17) is 4.74 Å². The van der Waals surface area contributed by atoms with E-state index in [0.29, 0.717) is 50.3 Å². The second kappa shape index (κ2) is 13.6. The van der Waals surface area contributed by atoms with Gasteiger partial charge in [0, 0.05) is 5.92 Å². The molecule has 14 heteroatoms. The molecule has 2 aromatic carbocycles. The minimum atomic E-state index is -5.18. The maximum Gasteiger partial charge on any atom is 0.416 e. The Bertz CT molecular complexity index is 1550. The average molecular weight is 768 g/mol. The van der Waals surface area contributed by atoms with Crippen LogP contribution in [0.15, 0.2) is 47.1 Å². The predicted octanol–water partition coefficient (Wildman–Crippen LogP) is 7.11. The molecule has 0 bridgehead atoms. The summed E-state index contributed by atoms with van der Waals surface area (Å²) >= 11 is 1.97. The molecule has 1 fully saturated rings. The standard InChI is InChI=1S/C32H32F6INO6/c1-4-16(8-17-9-23(39)28(43)25(10-17)46-3)5-6-24(42)26-15(2)7-21-27(22(26)14-41)30(45)40(29(21)44)20-12-18(31(33,34)35)11-19(13-20)32(36,37)38/h8-13,21-22,24,27,41-43H,4-7,14H2,1-3H3/b16-8+/t21-,22+,24-,27-/m1/s1. The lowest BCUT2D eigenvalue weighted by molar-refractivity contribution is -0.143. The summed E-state index contributed by atoms with van der Waals surface area (Å²) in [6.07, 6.45) is -8.54. The fourth-order valence-electron chi connectivity index (χ4n) is 6.34. The SMILES string of the molecule is CC/C(=C\c1cc(I)c(O)c(OC)c1)CC[C@@H](O)C1=C(C)C[C@H]2C(=O)N(c3cc(C(F)(F)F)cc(C(F)(F)F)c3)C(=O)[C@H]2[C@H]1CO. The summed E-state index contributed by atoms with van der Waals surface area (Å²) in [4.78, 5) is 27.4. The first-order valence-corrected chi connectivity index (χ1v) is 15.4. The van der Waals surface area contributed by atoms with E-state index in [-0.39, 0.29) is 24.7 Å². The summed E-state index contributed by atoms with van der Waals surface area (Å²) in [6, 6.07) is 3.99. The molecule has 46 heavy (non-hydrogen) atoms. The van der Waals surface area contributed by atoms with Crippen molar-refractivity contribution in [3.05, 3.63) is 67.3 Å². The van der Waals surface area contributed by atoms with Gasteiger partial charge in [-0.15, -0.1) is 0 Å². The molecule has 3 N–H and O–H groups in total. The van der Waals surface area contributed by atoms with Crippen molar-refractivity contribution in [2.75, 3.05) is 18.6 Å². The van der Waals surface area contributed by atoms with E-state index in [9.17, 15) is 51.3 Å². The quantitative estimate of drug-likeness (QED) is 0.109. The molecule has 0 radical (unpaired) electrons. The van der Waals surface area contributed by atoms with Crippen molar-refractivity contribution < 1.29 is 56.0 Å². The molecule has 1 saturated heterocycles. The molecule has 0 saturated carbocycles. The molecule has 1 heterocycles. The zero-order valence-electron chi connectivity index (χ0n) is 25.0. The van der Waals surface area contributed by atoms with Crippen LogP contribution >= 0.6 is 22.6 Å². The van der Waals surface area contributed by atoms with Crippen LogP contribution in [-0.2, 0) is 21.9 Å². The van der Waals surface area contributed by atoms with Crippen LogP contribution in [0.3, 0.4) is 0 Å². The number of phenolic OH excluding ortho intramolecular Hbond substituents is 1. The van der Waals surface area contributed by atoms with Crippen molar-refractivity contribution in [3.63, 3.8) is 0 Å². The molecule has 1 aliphatic carbocycles. The molecule has 250 valence electrons. The first kappa shape index (κ1) is 35.7. The van der Waals surface area contributed by atoms with Crippen LogP contribution in [0.25, 0.3) is 6.08 Å². The molecule has 1 aliphatic heterocycles. The van der Waals surface area contributed by atoms with E-state index in [1.54, 1.807) is 19.1 Å². The van der Waals surface area contributed by atoms with E-state index in [1.165, 1.54) is 7.11 Å². The van der Waals surface area contributed by atoms with E-state index >= 15 is 0 Å². The largest absolute Gasteiger partial charge is 0.504 e. The van der Waals surface area contributed by atoms with Crippen molar-refractivity contribution in [1.29, 1.82) is 0 Å². The number of methoxy groups -OCH3 is 1. The van der Waals surface area contributed by atoms with E-state index in [1.807, 2.05) is 35.6 Å². The summed E-state index contributed by atoms with van der Waals surface area (Å²) in [7, 11) is 1.43. The van der Waals surface area contributed by atoms with E-state index < -0.39 is 71.4 Å². The molecule has 2 aliphatic rings. The van der Waals surface area contributed by atoms with Gasteiger partial charge >= 0.3 is 12.4 Å². The Hall–Kier alpha value is -3.11. The van der Waals surface area contributed by atoms with Crippen LogP contribution in [-0.4, -0.2) is 47.0 Å². The zero-order valence-corrected chi connectivity index (χ0v) is 27.1. The number of imide groups is 1. The van der Waals surface area contributed by atoms with Crippen LogP contribution < -0.4 is 9.64 Å². The molecule has 7 nitrogen and oxygen atoms in total. The highest BCUT2D eigenvalue weighted by Gasteiger charge is 2.55. The number of rotatable bonds is 9. The first-order chi connectivity index (χ1) is 21.4. The van der Waals surface area contributed by atoms with Gasteiger partial charge in [-0.25, -0.2) is 4.90 Å². The van der Waals surface area contributed by atoms with Crippen LogP contribution in [0, 0.1) is 21.3 Å². The number of benzene rings is 2. The fraction of sp³-hybridized carbons (Fsp3) is 0.438. The maximum atomic E-state index is 13.6. The summed E-state index contributed by atoms with van der Waals surface area (Å²) in [6.45, 7) is 2.85. The third-order valence-electron chi connectivity index (χ3n) is 8.55. The lowest BCUT2D eigenvalue weighted by Crippen LogP contribution is -2.38. The van der Waals surface area contributed by atoms with Gasteiger partial charge in [-0.1, -0.05) is 24.1 Å². The van der Waals surface area contributed by atoms with Crippen LogP contribution in [0.4, 0.5) is 32.0 Å². The van der Waals surface area contributed by atoms with E-state index in [0.717, 1.165) is 11.1 Å². The molecule has 4 rings (SSSR count). The topological polar surface area (TPSA) is 107 Å². The number of ether oxygens (including phenoxy) is 1. The van der Waals surface area contributed by atoms with Crippen LogP contribution in [0.5, 0.6) is 11.5 Å². The number of aromatic hydroxyl groups is 1. The molecular weight excluding hydrogens is 735 g/mol. The second-order valence-electron chi connectivity index (χ2n) is 11.4. The molecule has 2 amide bonds. The minimum absolute atomic E-state index is 0.00846. The summed E-state index contributed by atoms with van der Waals surface area (Å²) in [5, 5.41) is 31.8. The normalized spacial score (nSPS) is 21.6. The smallest absolute Gasteiger partial charge is 0.416 e. The summed E-state index contributed by atoms with van der Waals surface area (Å²) < 4.78 is 86.9. The van der Waals surface area contributed by atoms with Gasteiger partial charge in [0.1, 0.15) is 0 Å². The Morgan fingerprint density at radius 3 is 2.20 bits per heavy atom. The van der Waals surface area contributed by atoms with Crippen molar-refractivity contribution in [2.45, 2.75) is 58.0 Å². The van der Waals surface area contributed by atoms with Crippen LogP contribution in [0.1, 0.15) is 56.2 Å². The number of fused-ring (bicyclic) bond motifs is 1. The number of hydrogen-bond acceptors (Lipinski definition) is 6. The van der Waals surface area contributed by atoms with Gasteiger partial charge in [0.15, 0.2) is 11.5 Å². The van der Waals surface area contributed by atoms with Gasteiger partial charge in [-0.2, -0.15) is 26.3 Å². The van der Waals surface area contributed by atoms with Crippen molar-refractivity contribution in [1.82, 2.24) is 0 Å². The van der Waals surface area contributed by atoms with Crippen molar-refractivity contribution >= 4 is 46.2 Å². The van der Waals surface area contributed by atoms with Gasteiger partial charge in [0.05, 0.1) is 52.0 Å². The number of anilines is 1. The number of carbonyl (C=O) groups is 2. The Morgan fingerprint density at radius 1 is 1.07 bits per heavy atom. The van der Waals surface area contributed by atoms with E-state index in [2.05, 4.69) is 0 Å². The number of aliphatic hydroxyl groups excluding tert-OH is 2. The lowest BCUT2D eigenvalue weighted by atomic mass is 9.68. The number of nitrogens with zero attached hydrogens (tertiary/aromatic N) is 1. The predicted molar refractivity (Wildman–Crippen MR) is 165 cm³/mol. The van der Waals surface area contributed by atoms with Crippen molar-refractivity contribution in [3.8, 4) is 11.5 Å². The number of carbonyl (C=O) groups excluding carboxylic acids is 2. The number of phenols is 1. The lowest BCUT2D eigenvalue weighted by Gasteiger charge is -2.35.